The monoisotopic (exact) mass is 396 g/mol. The maximum Gasteiger partial charge on any atom is -0.00276 e. The molecule has 0 unspecified atom stereocenters. The third-order valence-corrected chi connectivity index (χ3v) is 5.98. The van der Waals surface area contributed by atoms with Gasteiger partial charge in [-0.15, -0.1) is 0 Å². The average Bonchev–Trinajstić information content (AvgIpc) is 2.36. The van der Waals surface area contributed by atoms with Crippen LogP contribution < -0.4 is 0 Å². The zero-order chi connectivity index (χ0) is 14.4. The molecule has 0 N–H and O–H groups in total. The third-order valence-electron chi connectivity index (χ3n) is 3.58. The number of thiol groups is 1. The molecule has 0 aliphatic carbocycles. The summed E-state index contributed by atoms with van der Waals surface area (Å²) in [5.74, 6) is 1.19. The number of halogens is 1. The first-order valence-electron chi connectivity index (χ1n) is 6.91. The number of rotatable bonds is 2. The van der Waals surface area contributed by atoms with Gasteiger partial charge in [-0.25, -0.2) is 6.33 Å². The number of hydrogen-bond acceptors (Lipinski definition) is 0. The Bertz CT molecular complexity index is 733. The largest absolute Gasteiger partial charge is 0.244 e. The molecule has 106 valence electrons. The Morgan fingerprint density at radius 3 is 1.70 bits per heavy atom. The van der Waals surface area contributed by atoms with Gasteiger partial charge in [-0.05, 0) is 78.9 Å². The first-order valence-corrected chi connectivity index (χ1v) is 13.5. The highest BCUT2D eigenvalue weighted by Crippen LogP contribution is 2.70. The van der Waals surface area contributed by atoms with E-state index in [1.165, 1.54) is 32.9 Å². The highest BCUT2D eigenvalue weighted by molar-refractivity contribution is 14.2. The lowest BCUT2D eigenvalue weighted by Gasteiger charge is -2.45. The fourth-order valence-electron chi connectivity index (χ4n) is 2.81. The summed E-state index contributed by atoms with van der Waals surface area (Å²) >= 11 is 2.71. The van der Waals surface area contributed by atoms with E-state index in [1.54, 1.807) is 0 Å². The maximum absolute atomic E-state index is 2.71. The second-order valence-corrected chi connectivity index (χ2v) is 23.8. The normalized spacial score (nSPS) is 14.3. The van der Waals surface area contributed by atoms with Crippen molar-refractivity contribution in [3.05, 3.63) is 60.2 Å². The van der Waals surface area contributed by atoms with Gasteiger partial charge in [-0.1, -0.05) is 48.5 Å². The van der Waals surface area contributed by atoms with Crippen molar-refractivity contribution in [1.82, 2.24) is 0 Å². The molecule has 0 saturated carbocycles. The summed E-state index contributed by atoms with van der Waals surface area (Å²) in [6.45, 7) is 0. The van der Waals surface area contributed by atoms with E-state index >= 15 is 0 Å². The summed E-state index contributed by atoms with van der Waals surface area (Å²) in [5.41, 5.74) is 1.53. The minimum Gasteiger partial charge on any atom is -0.244 e. The molecule has 0 saturated heterocycles. The number of benzene rings is 3. The molecule has 0 nitrogen and oxygen atoms in total. The number of fused-ring (bicyclic) bond motifs is 2. The van der Waals surface area contributed by atoms with E-state index in [1.807, 2.05) is 0 Å². The van der Waals surface area contributed by atoms with Gasteiger partial charge in [0.05, 0.1) is 0 Å². The van der Waals surface area contributed by atoms with Crippen molar-refractivity contribution < 1.29 is 0 Å². The molecule has 0 fully saturated rings. The first-order chi connectivity index (χ1) is 9.30. The van der Waals surface area contributed by atoms with Crippen LogP contribution in [0.5, 0.6) is 0 Å². The van der Waals surface area contributed by atoms with E-state index in [4.69, 9.17) is 0 Å². The Balaban J connectivity index is 2.40. The average molecular weight is 396 g/mol. The van der Waals surface area contributed by atoms with Crippen LogP contribution in [0.4, 0.5) is 0 Å². The predicted molar refractivity (Wildman–Crippen MR) is 106 cm³/mol. The standard InChI is InChI=1S/C18H21IS/c1-20(2,3,19)13-18-16-10-6-4-8-14(16)12-15-9-5-7-11-17(15)18/h4-12,20H,13H2,1-3H3. The highest BCUT2D eigenvalue weighted by Gasteiger charge is 2.23. The van der Waals surface area contributed by atoms with Gasteiger partial charge >= 0.3 is 0 Å². The second kappa shape index (κ2) is 4.63. The van der Waals surface area contributed by atoms with Gasteiger partial charge in [0.1, 0.15) is 0 Å². The lowest BCUT2D eigenvalue weighted by atomic mass is 9.98. The van der Waals surface area contributed by atoms with Crippen LogP contribution in [0.1, 0.15) is 5.56 Å². The van der Waals surface area contributed by atoms with Crippen molar-refractivity contribution in [1.29, 1.82) is 0 Å². The van der Waals surface area contributed by atoms with E-state index in [9.17, 15) is 0 Å². The Morgan fingerprint density at radius 2 is 1.25 bits per heavy atom. The lowest BCUT2D eigenvalue weighted by Crippen LogP contribution is -2.07. The van der Waals surface area contributed by atoms with Crippen molar-refractivity contribution in [2.45, 2.75) is 5.75 Å². The smallest absolute Gasteiger partial charge is 0.00276 e. The summed E-state index contributed by atoms with van der Waals surface area (Å²) in [6, 6.07) is 19.9. The molecular formula is C18H21IS. The van der Waals surface area contributed by atoms with E-state index in [0.717, 1.165) is 0 Å². The Hall–Kier alpha value is -0.740. The maximum atomic E-state index is 2.71. The van der Waals surface area contributed by atoms with Crippen molar-refractivity contribution in [2.24, 2.45) is 0 Å². The summed E-state index contributed by atoms with van der Waals surface area (Å²) < 4.78 is 0. The quantitative estimate of drug-likeness (QED) is 0.316. The molecule has 3 aromatic carbocycles. The zero-order valence-electron chi connectivity index (χ0n) is 12.2. The summed E-state index contributed by atoms with van der Waals surface area (Å²) in [7, 11) is 0. The van der Waals surface area contributed by atoms with Crippen LogP contribution in [0, 0.1) is 0 Å². The van der Waals surface area contributed by atoms with Crippen LogP contribution in [0.15, 0.2) is 54.6 Å². The minimum absolute atomic E-state index is 1.19. The Labute approximate surface area is 133 Å². The summed E-state index contributed by atoms with van der Waals surface area (Å²) in [4.78, 5) is 0. The van der Waals surface area contributed by atoms with Crippen LogP contribution >= 0.6 is 27.5 Å². The summed E-state index contributed by atoms with van der Waals surface area (Å²) in [6.07, 6.45) is 5.71. The van der Waals surface area contributed by atoms with E-state index in [-0.39, 0.29) is 0 Å². The van der Waals surface area contributed by atoms with Crippen LogP contribution in [0.3, 0.4) is 0 Å². The van der Waals surface area contributed by atoms with Crippen LogP contribution in [-0.4, -0.2) is 18.8 Å². The van der Waals surface area contributed by atoms with Crippen LogP contribution in [0.2, 0.25) is 0 Å². The third kappa shape index (κ3) is 2.96. The van der Waals surface area contributed by atoms with E-state index in [2.05, 4.69) is 94.6 Å². The van der Waals surface area contributed by atoms with Gasteiger partial charge in [-0.3, -0.25) is 0 Å². The molecular weight excluding hydrogens is 375 g/mol. The molecule has 0 aromatic heterocycles. The van der Waals surface area contributed by atoms with Crippen LogP contribution in [-0.2, 0) is 5.75 Å². The number of hydrogen-bond donors (Lipinski definition) is 1. The summed E-state index contributed by atoms with van der Waals surface area (Å²) in [5, 5.41) is 5.56. The van der Waals surface area contributed by atoms with Gasteiger partial charge < -0.3 is 0 Å². The molecule has 2 heteroatoms. The first kappa shape index (κ1) is 14.2. The molecule has 20 heavy (non-hydrogen) atoms. The lowest BCUT2D eigenvalue weighted by molar-refractivity contribution is 1.48. The van der Waals surface area contributed by atoms with Gasteiger partial charge in [0.2, 0.25) is 0 Å². The van der Waals surface area contributed by atoms with Gasteiger partial charge in [0.25, 0.3) is 0 Å². The molecule has 0 aliphatic rings. The van der Waals surface area contributed by atoms with Crippen LogP contribution in [0.25, 0.3) is 21.5 Å². The SMILES string of the molecule is C[SH](C)(C)(I)Cc1c2ccccc2cc2ccccc12. The predicted octanol–water partition coefficient (Wildman–Crippen LogP) is 5.81. The van der Waals surface area contributed by atoms with Crippen molar-refractivity contribution in [2.75, 3.05) is 18.8 Å². The topological polar surface area (TPSA) is 0 Å². The fraction of sp³-hybridized carbons (Fsp3) is 0.222. The van der Waals surface area contributed by atoms with E-state index in [0.29, 0.717) is 0 Å². The molecule has 0 radical (unpaired) electrons. The molecule has 0 bridgehead atoms. The molecule has 3 aromatic rings. The van der Waals surface area contributed by atoms with Crippen molar-refractivity contribution in [3.8, 4) is 0 Å². The molecule has 3 rings (SSSR count). The van der Waals surface area contributed by atoms with Gasteiger partial charge in [0, 0.05) is 0 Å². The second-order valence-electron chi connectivity index (χ2n) is 6.87. The Morgan fingerprint density at radius 1 is 0.800 bits per heavy atom. The Kier molecular flexibility index (Phi) is 3.29. The molecule has 0 aliphatic heterocycles. The molecule has 0 amide bonds. The van der Waals surface area contributed by atoms with E-state index < -0.39 is 6.33 Å². The fourth-order valence-corrected chi connectivity index (χ4v) is 5.24. The van der Waals surface area contributed by atoms with Gasteiger partial charge in [0.15, 0.2) is 0 Å². The van der Waals surface area contributed by atoms with Gasteiger partial charge in [-0.2, -0.15) is 0 Å². The van der Waals surface area contributed by atoms with Crippen molar-refractivity contribution in [3.63, 3.8) is 0 Å². The zero-order valence-corrected chi connectivity index (χ0v) is 15.3. The molecule has 0 spiro atoms. The van der Waals surface area contributed by atoms with Crippen molar-refractivity contribution >= 4 is 49.1 Å². The molecule has 0 heterocycles. The highest BCUT2D eigenvalue weighted by atomic mass is 127. The molecule has 0 atom stereocenters. The minimum atomic E-state index is -1.63.